The maximum Gasteiger partial charge on any atom is 0.435 e. The number of hydrogen-bond acceptors (Lipinski definition) is 6. The molecule has 0 aliphatic rings. The van der Waals surface area contributed by atoms with Crippen molar-refractivity contribution < 1.29 is 23.8 Å². The Kier molecular flexibility index (Phi) is 15.4. The maximum absolute atomic E-state index is 11.7. The molecule has 0 aliphatic carbocycles. The fourth-order valence-electron chi connectivity index (χ4n) is 2.52. The molecule has 1 amide bonds. The highest BCUT2D eigenvalue weighted by Crippen LogP contribution is 2.37. The lowest BCUT2D eigenvalue weighted by Gasteiger charge is -2.15. The number of halogens is 4. The lowest BCUT2D eigenvalue weighted by molar-refractivity contribution is 0.107. The van der Waals surface area contributed by atoms with Crippen LogP contribution in [0.4, 0.5) is 4.79 Å². The normalized spacial score (nSPS) is 11.2. The molecule has 0 fully saturated rings. The third kappa shape index (κ3) is 12.6. The lowest BCUT2D eigenvalue weighted by Crippen LogP contribution is -2.30. The third-order valence-electron chi connectivity index (χ3n) is 4.25. The zero-order valence-electron chi connectivity index (χ0n) is 19.0. The molecule has 0 aliphatic heterocycles. The summed E-state index contributed by atoms with van der Waals surface area (Å²) >= 11 is 23.6. The van der Waals surface area contributed by atoms with E-state index in [9.17, 15) is 4.79 Å². The van der Waals surface area contributed by atoms with Gasteiger partial charge in [-0.25, -0.2) is 4.79 Å². The van der Waals surface area contributed by atoms with Gasteiger partial charge in [0, 0.05) is 31.8 Å². The highest BCUT2D eigenvalue weighted by atomic mass is 35.5. The summed E-state index contributed by atoms with van der Waals surface area (Å²) in [6.45, 7) is 8.18. The molecule has 0 radical (unpaired) electrons. The molecule has 186 valence electrons. The van der Waals surface area contributed by atoms with Gasteiger partial charge in [0.25, 0.3) is 0 Å². The van der Waals surface area contributed by atoms with Crippen molar-refractivity contribution in [1.82, 2.24) is 4.90 Å². The second-order valence-electron chi connectivity index (χ2n) is 6.84. The van der Waals surface area contributed by atoms with Crippen molar-refractivity contribution in [2.75, 3.05) is 39.5 Å². The zero-order chi connectivity index (χ0) is 24.6. The zero-order valence-corrected chi connectivity index (χ0v) is 22.1. The fraction of sp³-hybridized carbons (Fsp3) is 0.545. The first-order chi connectivity index (χ1) is 15.8. The van der Waals surface area contributed by atoms with E-state index in [-0.39, 0.29) is 11.1 Å². The summed E-state index contributed by atoms with van der Waals surface area (Å²) in [6.07, 6.45) is 3.60. The van der Waals surface area contributed by atoms with Crippen LogP contribution in [0.5, 0.6) is 11.5 Å². The monoisotopic (exact) mass is 542 g/mol. The Labute approximate surface area is 215 Å². The van der Waals surface area contributed by atoms with Crippen LogP contribution in [0.1, 0.15) is 40.0 Å². The van der Waals surface area contributed by atoms with Crippen LogP contribution in [0.15, 0.2) is 27.9 Å². The van der Waals surface area contributed by atoms with E-state index in [4.69, 9.17) is 65.5 Å². The molecule has 0 saturated heterocycles. The molecule has 1 aromatic rings. The van der Waals surface area contributed by atoms with E-state index in [0.29, 0.717) is 60.2 Å². The van der Waals surface area contributed by atoms with Crippen molar-refractivity contribution >= 4 is 58.2 Å². The Morgan fingerprint density at radius 2 is 1.67 bits per heavy atom. The van der Waals surface area contributed by atoms with Gasteiger partial charge in [0.15, 0.2) is 5.75 Å². The number of nitrogens with zero attached hydrogens (tertiary/aromatic N) is 2. The Bertz CT molecular complexity index is 774. The molecular formula is C22H30Cl4N2O5. The number of benzene rings is 1. The highest BCUT2D eigenvalue weighted by molar-refractivity contribution is 6.55. The van der Waals surface area contributed by atoms with Crippen LogP contribution in [0, 0.1) is 0 Å². The number of amides is 1. The van der Waals surface area contributed by atoms with Crippen molar-refractivity contribution in [1.29, 1.82) is 0 Å². The number of rotatable bonds is 15. The van der Waals surface area contributed by atoms with E-state index in [0.717, 1.165) is 19.3 Å². The lowest BCUT2D eigenvalue weighted by atomic mass is 10.2. The van der Waals surface area contributed by atoms with E-state index in [1.807, 2.05) is 13.8 Å². The summed E-state index contributed by atoms with van der Waals surface area (Å²) in [4.78, 5) is 18.2. The molecule has 0 saturated carbocycles. The minimum absolute atomic E-state index is 0.122. The first-order valence-corrected chi connectivity index (χ1v) is 12.1. The molecule has 0 N–H and O–H groups in total. The molecule has 0 atom stereocenters. The molecule has 0 unspecified atom stereocenters. The van der Waals surface area contributed by atoms with Crippen LogP contribution in [-0.2, 0) is 9.57 Å². The molecule has 7 nitrogen and oxygen atoms in total. The molecule has 0 bridgehead atoms. The number of oxime groups is 1. The Balaban J connectivity index is 2.23. The van der Waals surface area contributed by atoms with Gasteiger partial charge in [-0.3, -0.25) is 4.84 Å². The second kappa shape index (κ2) is 17.1. The van der Waals surface area contributed by atoms with Gasteiger partial charge in [-0.15, -0.1) is 0 Å². The third-order valence-corrected chi connectivity index (χ3v) is 5.12. The van der Waals surface area contributed by atoms with Crippen LogP contribution in [-0.4, -0.2) is 56.2 Å². The molecule has 1 aromatic carbocycles. The van der Waals surface area contributed by atoms with Gasteiger partial charge >= 0.3 is 6.09 Å². The Hall–Kier alpha value is -1.38. The summed E-state index contributed by atoms with van der Waals surface area (Å²) in [5, 5.41) is 4.52. The van der Waals surface area contributed by atoms with E-state index in [1.54, 1.807) is 24.0 Å². The van der Waals surface area contributed by atoms with Crippen molar-refractivity contribution in [3.05, 3.63) is 32.7 Å². The van der Waals surface area contributed by atoms with Gasteiger partial charge in [-0.2, -0.15) is 0 Å². The summed E-state index contributed by atoms with van der Waals surface area (Å²) < 4.78 is 16.8. The van der Waals surface area contributed by atoms with Gasteiger partial charge in [0.05, 0.1) is 29.0 Å². The molecule has 33 heavy (non-hydrogen) atoms. The number of carbonyl (C=O) groups excluding carboxylic acids is 1. The van der Waals surface area contributed by atoms with Crippen LogP contribution in [0.3, 0.4) is 0 Å². The molecule has 0 spiro atoms. The highest BCUT2D eigenvalue weighted by Gasteiger charge is 2.11. The van der Waals surface area contributed by atoms with Crippen molar-refractivity contribution in [2.24, 2.45) is 5.16 Å². The number of carbonyl (C=O) groups is 1. The SMILES string of the molecule is CCN(CC)C(=O)ON=C(C)COCCCCCOc1c(Cl)cc(OCC=C(Cl)Cl)cc1Cl. The maximum atomic E-state index is 11.7. The summed E-state index contributed by atoms with van der Waals surface area (Å²) in [5.74, 6) is 0.904. The molecular weight excluding hydrogens is 514 g/mol. The van der Waals surface area contributed by atoms with Crippen molar-refractivity contribution in [2.45, 2.75) is 40.0 Å². The van der Waals surface area contributed by atoms with E-state index in [2.05, 4.69) is 5.16 Å². The first-order valence-electron chi connectivity index (χ1n) is 10.6. The fourth-order valence-corrected chi connectivity index (χ4v) is 3.22. The smallest absolute Gasteiger partial charge is 0.435 e. The van der Waals surface area contributed by atoms with Gasteiger partial charge in [-0.05, 0) is 46.1 Å². The van der Waals surface area contributed by atoms with Gasteiger partial charge in [-0.1, -0.05) is 51.6 Å². The van der Waals surface area contributed by atoms with Crippen molar-refractivity contribution in [3.8, 4) is 11.5 Å². The van der Waals surface area contributed by atoms with Crippen molar-refractivity contribution in [3.63, 3.8) is 0 Å². The van der Waals surface area contributed by atoms with E-state index < -0.39 is 6.09 Å². The molecule has 0 heterocycles. The molecule has 1 rings (SSSR count). The Morgan fingerprint density at radius 1 is 1.03 bits per heavy atom. The minimum atomic E-state index is -0.463. The number of unbranched alkanes of at least 4 members (excludes halogenated alkanes) is 2. The van der Waals surface area contributed by atoms with Gasteiger partial charge < -0.3 is 19.1 Å². The largest absolute Gasteiger partial charge is 0.490 e. The Morgan fingerprint density at radius 3 is 2.27 bits per heavy atom. The van der Waals surface area contributed by atoms with Gasteiger partial charge in [0.1, 0.15) is 16.8 Å². The average molecular weight is 544 g/mol. The summed E-state index contributed by atoms with van der Waals surface area (Å²) in [6, 6.07) is 3.24. The van der Waals surface area contributed by atoms with E-state index in [1.165, 1.54) is 6.08 Å². The molecule has 11 heteroatoms. The predicted octanol–water partition coefficient (Wildman–Crippen LogP) is 7.11. The first kappa shape index (κ1) is 29.7. The number of ether oxygens (including phenoxy) is 3. The van der Waals surface area contributed by atoms with Crippen LogP contribution in [0.25, 0.3) is 0 Å². The quantitative estimate of drug-likeness (QED) is 0.102. The summed E-state index contributed by atoms with van der Waals surface area (Å²) in [7, 11) is 0. The van der Waals surface area contributed by atoms with Gasteiger partial charge in [0.2, 0.25) is 0 Å². The van der Waals surface area contributed by atoms with Crippen LogP contribution < -0.4 is 9.47 Å². The van der Waals surface area contributed by atoms with E-state index >= 15 is 0 Å². The predicted molar refractivity (Wildman–Crippen MR) is 134 cm³/mol. The average Bonchev–Trinajstić information content (AvgIpc) is 2.76. The standard InChI is InChI=1S/C22H30Cl4N2O5/c1-4-28(5-2)22(29)33-27-16(3)15-30-10-7-6-8-11-32-21-18(23)13-17(14-19(21)24)31-12-9-20(25)26/h9,13-14H,4-8,10-12,15H2,1-3H3. The van der Waals surface area contributed by atoms with Crippen LogP contribution in [0.2, 0.25) is 10.0 Å². The number of hydrogen-bond donors (Lipinski definition) is 0. The second-order valence-corrected chi connectivity index (χ2v) is 8.66. The topological polar surface area (TPSA) is 69.6 Å². The minimum Gasteiger partial charge on any atom is -0.490 e. The van der Waals surface area contributed by atoms with Crippen LogP contribution >= 0.6 is 46.4 Å². The summed E-state index contributed by atoms with van der Waals surface area (Å²) in [5.41, 5.74) is 0.595. The molecule has 0 aromatic heterocycles.